The number of carboxylic acid groups (broad SMARTS) is 1. The maximum Gasteiger partial charge on any atom is 0.354 e. The average molecular weight is 459 g/mol. The first-order chi connectivity index (χ1) is 15.1. The third-order valence-electron chi connectivity index (χ3n) is 6.07. The summed E-state index contributed by atoms with van der Waals surface area (Å²) in [6.45, 7) is 0.796. The fourth-order valence-corrected chi connectivity index (χ4v) is 5.51. The molecule has 0 spiro atoms. The highest BCUT2D eigenvalue weighted by atomic mass is 35.5. The fraction of sp³-hybridized carbons (Fsp3) is 0.391. The van der Waals surface area contributed by atoms with Crippen LogP contribution in [0.4, 0.5) is 0 Å². The zero-order valence-corrected chi connectivity index (χ0v) is 18.5. The van der Waals surface area contributed by atoms with Crippen molar-refractivity contribution in [2.45, 2.75) is 45.1 Å². The van der Waals surface area contributed by atoms with Gasteiger partial charge in [-0.15, -0.1) is 11.3 Å². The maximum atomic E-state index is 12.4. The largest absolute Gasteiger partial charge is 0.477 e. The summed E-state index contributed by atoms with van der Waals surface area (Å²) in [6, 6.07) is 7.51. The topological polar surface area (TPSA) is 73.6 Å². The number of aromatic carboxylic acids is 1. The number of rotatable bonds is 6. The Morgan fingerprint density at radius 3 is 2.71 bits per heavy atom. The summed E-state index contributed by atoms with van der Waals surface area (Å²) in [5.74, 6) is 0.741. The quantitative estimate of drug-likeness (QED) is 0.500. The number of halogens is 1. The molecule has 3 aromatic rings. The number of aromatic nitrogens is 2. The maximum absolute atomic E-state index is 12.4. The predicted molar refractivity (Wildman–Crippen MR) is 119 cm³/mol. The van der Waals surface area contributed by atoms with Crippen molar-refractivity contribution in [3.05, 3.63) is 51.5 Å². The van der Waals surface area contributed by atoms with Crippen LogP contribution in [-0.2, 0) is 13.0 Å². The van der Waals surface area contributed by atoms with Gasteiger partial charge in [0.1, 0.15) is 5.69 Å². The molecule has 3 heterocycles. The fourth-order valence-electron chi connectivity index (χ4n) is 4.55. The molecule has 2 aromatic heterocycles. The Hall–Kier alpha value is -2.51. The Morgan fingerprint density at radius 1 is 1.23 bits per heavy atom. The molecule has 0 saturated heterocycles. The second-order valence-corrected chi connectivity index (χ2v) is 9.47. The molecule has 162 valence electrons. The molecule has 6 nitrogen and oxygen atoms in total. The number of ether oxygens (including phenoxy) is 2. The molecule has 1 saturated carbocycles. The number of thiophene rings is 1. The van der Waals surface area contributed by atoms with Crippen LogP contribution in [0.2, 0.25) is 5.02 Å². The Balaban J connectivity index is 1.58. The van der Waals surface area contributed by atoms with Gasteiger partial charge in [0.25, 0.3) is 0 Å². The van der Waals surface area contributed by atoms with Crippen molar-refractivity contribution < 1.29 is 19.4 Å². The molecule has 0 bridgehead atoms. The van der Waals surface area contributed by atoms with Crippen LogP contribution in [0.1, 0.15) is 53.7 Å². The first-order valence-electron chi connectivity index (χ1n) is 10.5. The van der Waals surface area contributed by atoms with E-state index >= 15 is 0 Å². The molecule has 0 amide bonds. The highest BCUT2D eigenvalue weighted by molar-refractivity contribution is 7.13. The van der Waals surface area contributed by atoms with E-state index in [9.17, 15) is 9.90 Å². The number of carboxylic acids is 1. The van der Waals surface area contributed by atoms with Crippen molar-refractivity contribution in [3.63, 3.8) is 0 Å². The summed E-state index contributed by atoms with van der Waals surface area (Å²) in [7, 11) is 0. The van der Waals surface area contributed by atoms with Crippen molar-refractivity contribution in [2.24, 2.45) is 5.92 Å². The van der Waals surface area contributed by atoms with E-state index in [0.717, 1.165) is 29.0 Å². The molecule has 31 heavy (non-hydrogen) atoms. The van der Waals surface area contributed by atoms with Crippen molar-refractivity contribution in [2.75, 3.05) is 6.79 Å². The summed E-state index contributed by atoms with van der Waals surface area (Å²) in [6.07, 6.45) is 6.26. The van der Waals surface area contributed by atoms with Gasteiger partial charge in [-0.05, 0) is 41.8 Å². The first kappa shape index (κ1) is 20.4. The average Bonchev–Trinajstić information content (AvgIpc) is 3.49. The summed E-state index contributed by atoms with van der Waals surface area (Å²) < 4.78 is 12.6. The zero-order chi connectivity index (χ0) is 21.4. The molecule has 1 N–H and O–H groups in total. The minimum Gasteiger partial charge on any atom is -0.477 e. The third kappa shape index (κ3) is 4.04. The van der Waals surface area contributed by atoms with Crippen LogP contribution in [0, 0.1) is 5.92 Å². The van der Waals surface area contributed by atoms with Gasteiger partial charge in [0.15, 0.2) is 17.2 Å². The number of fused-ring (bicyclic) bond motifs is 1. The van der Waals surface area contributed by atoms with Crippen LogP contribution in [0.15, 0.2) is 29.6 Å². The predicted octanol–water partition coefficient (Wildman–Crippen LogP) is 5.86. The van der Waals surface area contributed by atoms with Crippen molar-refractivity contribution >= 4 is 28.9 Å². The van der Waals surface area contributed by atoms with E-state index in [0.29, 0.717) is 41.0 Å². The normalized spacial score (nSPS) is 16.0. The summed E-state index contributed by atoms with van der Waals surface area (Å²) in [5.41, 5.74) is 2.45. The third-order valence-corrected chi connectivity index (χ3v) is 7.30. The van der Waals surface area contributed by atoms with Crippen LogP contribution in [-0.4, -0.2) is 27.6 Å². The number of carbonyl (C=O) groups is 1. The lowest BCUT2D eigenvalue weighted by molar-refractivity contribution is 0.0680. The zero-order valence-electron chi connectivity index (χ0n) is 17.0. The van der Waals surface area contributed by atoms with E-state index in [1.165, 1.54) is 19.3 Å². The number of hydrogen-bond acceptors (Lipinski definition) is 5. The van der Waals surface area contributed by atoms with E-state index in [2.05, 4.69) is 0 Å². The lowest BCUT2D eigenvalue weighted by Crippen LogP contribution is -2.19. The Labute approximate surface area is 189 Å². The van der Waals surface area contributed by atoms with Gasteiger partial charge in [-0.2, -0.15) is 5.10 Å². The van der Waals surface area contributed by atoms with Gasteiger partial charge in [-0.25, -0.2) is 4.79 Å². The van der Waals surface area contributed by atoms with Crippen LogP contribution in [0.5, 0.6) is 11.5 Å². The lowest BCUT2D eigenvalue weighted by atomic mass is 9.89. The van der Waals surface area contributed by atoms with Crippen LogP contribution in [0.25, 0.3) is 10.6 Å². The Kier molecular flexibility index (Phi) is 5.63. The molecule has 1 aliphatic heterocycles. The molecule has 0 unspecified atom stereocenters. The lowest BCUT2D eigenvalue weighted by Gasteiger charge is -2.21. The van der Waals surface area contributed by atoms with Gasteiger partial charge in [-0.1, -0.05) is 36.9 Å². The molecule has 5 rings (SSSR count). The van der Waals surface area contributed by atoms with Gasteiger partial charge < -0.3 is 14.6 Å². The minimum atomic E-state index is -0.960. The molecular weight excluding hydrogens is 436 g/mol. The monoisotopic (exact) mass is 458 g/mol. The van der Waals surface area contributed by atoms with Crippen molar-refractivity contribution in [1.29, 1.82) is 0 Å². The smallest absolute Gasteiger partial charge is 0.354 e. The Bertz CT molecular complexity index is 1100. The highest BCUT2D eigenvalue weighted by Gasteiger charge is 2.28. The van der Waals surface area contributed by atoms with Gasteiger partial charge in [0.2, 0.25) is 6.79 Å². The molecule has 0 radical (unpaired) electrons. The number of nitrogens with zero attached hydrogens (tertiary/aromatic N) is 2. The van der Waals surface area contributed by atoms with E-state index in [4.69, 9.17) is 26.2 Å². The molecule has 2 aliphatic rings. The van der Waals surface area contributed by atoms with Crippen LogP contribution < -0.4 is 9.47 Å². The number of hydrogen-bond donors (Lipinski definition) is 1. The SMILES string of the molecule is O=C(O)c1c(Cc2cc3c(cc2Cl)OCO3)c(-c2cccs2)nn1CC1CCCCC1. The molecule has 8 heteroatoms. The van der Waals surface area contributed by atoms with Crippen molar-refractivity contribution in [3.8, 4) is 22.1 Å². The van der Waals surface area contributed by atoms with Crippen LogP contribution in [0.3, 0.4) is 0 Å². The van der Waals surface area contributed by atoms with E-state index in [1.54, 1.807) is 22.1 Å². The standard InChI is InChI=1S/C23H23ClN2O4S/c24-17-11-19-18(29-13-30-19)10-15(17)9-16-21(20-7-4-8-31-20)25-26(22(16)23(27)28)12-14-5-2-1-3-6-14/h4,7-8,10-11,14H,1-3,5-6,9,12-13H2,(H,27,28). The molecule has 0 atom stereocenters. The van der Waals surface area contributed by atoms with Crippen molar-refractivity contribution in [1.82, 2.24) is 9.78 Å². The molecule has 1 fully saturated rings. The molecule has 1 aromatic carbocycles. The minimum absolute atomic E-state index is 0.162. The van der Waals surface area contributed by atoms with E-state index < -0.39 is 5.97 Å². The Morgan fingerprint density at radius 2 is 2.00 bits per heavy atom. The second kappa shape index (κ2) is 8.55. The summed E-state index contributed by atoms with van der Waals surface area (Å²) in [5, 5.41) is 17.5. The highest BCUT2D eigenvalue weighted by Crippen LogP contribution is 2.39. The van der Waals surface area contributed by atoms with E-state index in [-0.39, 0.29) is 12.5 Å². The van der Waals surface area contributed by atoms with Gasteiger partial charge in [0.05, 0.1) is 4.88 Å². The summed E-state index contributed by atoms with van der Waals surface area (Å²) >= 11 is 8.08. The van der Waals surface area contributed by atoms with Gasteiger partial charge >= 0.3 is 5.97 Å². The van der Waals surface area contributed by atoms with E-state index in [1.807, 2.05) is 23.6 Å². The van der Waals surface area contributed by atoms with Gasteiger partial charge in [-0.3, -0.25) is 4.68 Å². The first-order valence-corrected chi connectivity index (χ1v) is 11.8. The summed E-state index contributed by atoms with van der Waals surface area (Å²) in [4.78, 5) is 13.3. The van der Waals surface area contributed by atoms with Crippen LogP contribution >= 0.6 is 22.9 Å². The second-order valence-electron chi connectivity index (χ2n) is 8.12. The molecule has 1 aliphatic carbocycles. The van der Waals surface area contributed by atoms with Gasteiger partial charge in [0, 0.05) is 29.6 Å². The number of benzene rings is 1. The molecular formula is C23H23ClN2O4S.